The smallest absolute Gasteiger partial charge is 0.239 e. The van der Waals surface area contributed by atoms with Gasteiger partial charge in [0.05, 0.1) is 17.5 Å². The maximum Gasteiger partial charge on any atom is 0.239 e. The summed E-state index contributed by atoms with van der Waals surface area (Å²) in [4.78, 5) is 16.6. The zero-order valence-corrected chi connectivity index (χ0v) is 16.8. The van der Waals surface area contributed by atoms with Crippen molar-refractivity contribution >= 4 is 31.7 Å². The summed E-state index contributed by atoms with van der Waals surface area (Å²) in [6.45, 7) is 4.97. The molecule has 2 atom stereocenters. The summed E-state index contributed by atoms with van der Waals surface area (Å²) in [7, 11) is -1.08. The zero-order chi connectivity index (χ0) is 17.9. The molecule has 1 aromatic carbocycles. The molecule has 2 rings (SSSR count). The van der Waals surface area contributed by atoms with E-state index >= 15 is 0 Å². The van der Waals surface area contributed by atoms with Crippen LogP contribution >= 0.6 is 15.9 Å². The highest BCUT2D eigenvalue weighted by Crippen LogP contribution is 2.21. The number of hydrogen-bond acceptors (Lipinski definition) is 4. The van der Waals surface area contributed by atoms with Gasteiger partial charge in [-0.05, 0) is 38.9 Å². The molecule has 1 fully saturated rings. The van der Waals surface area contributed by atoms with Gasteiger partial charge in [-0.25, -0.2) is 8.42 Å². The van der Waals surface area contributed by atoms with Crippen LogP contribution in [0.15, 0.2) is 28.7 Å². The van der Waals surface area contributed by atoms with Gasteiger partial charge in [0.2, 0.25) is 5.91 Å². The van der Waals surface area contributed by atoms with Gasteiger partial charge < -0.3 is 4.90 Å². The Kier molecular flexibility index (Phi) is 6.45. The van der Waals surface area contributed by atoms with E-state index in [0.717, 1.165) is 10.0 Å². The minimum absolute atomic E-state index is 0.00541. The molecule has 1 aliphatic rings. The molecule has 0 aliphatic carbocycles. The van der Waals surface area contributed by atoms with E-state index in [1.165, 1.54) is 0 Å². The van der Waals surface area contributed by atoms with Gasteiger partial charge in [0.15, 0.2) is 9.84 Å². The maximum absolute atomic E-state index is 12.9. The Morgan fingerprint density at radius 1 is 1.38 bits per heavy atom. The highest BCUT2D eigenvalue weighted by Gasteiger charge is 2.36. The summed E-state index contributed by atoms with van der Waals surface area (Å²) < 4.78 is 24.4. The second-order valence-electron chi connectivity index (χ2n) is 6.36. The van der Waals surface area contributed by atoms with Crippen LogP contribution < -0.4 is 0 Å². The topological polar surface area (TPSA) is 57.7 Å². The van der Waals surface area contributed by atoms with E-state index < -0.39 is 9.84 Å². The third kappa shape index (κ3) is 4.58. The lowest BCUT2D eigenvalue weighted by molar-refractivity contribution is -0.137. The molecule has 0 saturated carbocycles. The third-order valence-electron chi connectivity index (χ3n) is 4.67. The van der Waals surface area contributed by atoms with Crippen molar-refractivity contribution in [3.63, 3.8) is 0 Å². The van der Waals surface area contributed by atoms with E-state index in [-0.39, 0.29) is 29.5 Å². The Balaban J connectivity index is 2.05. The zero-order valence-electron chi connectivity index (χ0n) is 14.4. The van der Waals surface area contributed by atoms with Crippen molar-refractivity contribution in [1.29, 1.82) is 0 Å². The quantitative estimate of drug-likeness (QED) is 0.713. The predicted molar refractivity (Wildman–Crippen MR) is 99.5 cm³/mol. The second kappa shape index (κ2) is 7.97. The Morgan fingerprint density at radius 2 is 2.04 bits per heavy atom. The van der Waals surface area contributed by atoms with E-state index in [4.69, 9.17) is 0 Å². The van der Waals surface area contributed by atoms with Gasteiger partial charge in [0.25, 0.3) is 0 Å². The van der Waals surface area contributed by atoms with Crippen LogP contribution in [0.5, 0.6) is 0 Å². The fourth-order valence-electron chi connectivity index (χ4n) is 3.08. The van der Waals surface area contributed by atoms with Gasteiger partial charge in [-0.1, -0.05) is 34.1 Å². The van der Waals surface area contributed by atoms with Gasteiger partial charge >= 0.3 is 0 Å². The molecular weight excluding hydrogens is 392 g/mol. The summed E-state index contributed by atoms with van der Waals surface area (Å²) >= 11 is 3.53. The Labute approximate surface area is 153 Å². The van der Waals surface area contributed by atoms with Crippen LogP contribution in [0.1, 0.15) is 25.8 Å². The molecule has 5 nitrogen and oxygen atoms in total. The summed E-state index contributed by atoms with van der Waals surface area (Å²) in [5, 5.41) is 0. The van der Waals surface area contributed by atoms with Crippen molar-refractivity contribution in [3.05, 3.63) is 34.3 Å². The van der Waals surface area contributed by atoms with Crippen molar-refractivity contribution < 1.29 is 13.2 Å². The summed E-state index contributed by atoms with van der Waals surface area (Å²) in [5.74, 6) is 0.268. The van der Waals surface area contributed by atoms with Crippen molar-refractivity contribution in [2.75, 3.05) is 25.1 Å². The average molecular weight is 417 g/mol. The minimum atomic E-state index is -3.00. The number of halogens is 1. The third-order valence-corrected chi connectivity index (χ3v) is 7.19. The highest BCUT2D eigenvalue weighted by atomic mass is 79.9. The van der Waals surface area contributed by atoms with Crippen LogP contribution in [0.25, 0.3) is 0 Å². The molecule has 0 unspecified atom stereocenters. The molecule has 1 aliphatic heterocycles. The molecule has 1 heterocycles. The van der Waals surface area contributed by atoms with Crippen molar-refractivity contribution in [1.82, 2.24) is 9.80 Å². The first-order valence-electron chi connectivity index (χ1n) is 8.19. The average Bonchev–Trinajstić information content (AvgIpc) is 2.89. The number of amides is 1. The molecule has 0 radical (unpaired) electrons. The monoisotopic (exact) mass is 416 g/mol. The van der Waals surface area contributed by atoms with E-state index in [0.29, 0.717) is 19.5 Å². The molecule has 1 amide bonds. The number of nitrogens with zero attached hydrogens (tertiary/aromatic N) is 2. The number of carbonyl (C=O) groups is 1. The number of rotatable bonds is 6. The molecule has 0 N–H and O–H groups in total. The normalized spacial score (nSPS) is 21.0. The van der Waals surface area contributed by atoms with E-state index in [1.54, 1.807) is 4.90 Å². The first kappa shape index (κ1) is 19.4. The molecule has 7 heteroatoms. The standard InChI is InChI=1S/C17H25BrN2O3S/c1-4-20(15-9-10-24(22,23)12-15)17(21)13(2)19(3)11-14-7-5-6-8-16(14)18/h5-8,13,15H,4,9-12H2,1-3H3/t13-,15-/m1/s1. The summed E-state index contributed by atoms with van der Waals surface area (Å²) in [5.41, 5.74) is 1.12. The van der Waals surface area contributed by atoms with Crippen LogP contribution in [0.4, 0.5) is 0 Å². The maximum atomic E-state index is 12.9. The first-order chi connectivity index (χ1) is 11.2. The highest BCUT2D eigenvalue weighted by molar-refractivity contribution is 9.10. The number of carbonyl (C=O) groups excluding carboxylic acids is 1. The summed E-state index contributed by atoms with van der Waals surface area (Å²) in [6.07, 6.45) is 0.544. The molecule has 1 saturated heterocycles. The minimum Gasteiger partial charge on any atom is -0.338 e. The Morgan fingerprint density at radius 3 is 2.58 bits per heavy atom. The molecular formula is C17H25BrN2O3S. The van der Waals surface area contributed by atoms with E-state index in [2.05, 4.69) is 15.9 Å². The van der Waals surface area contributed by atoms with Crippen molar-refractivity contribution in [2.45, 2.75) is 38.9 Å². The Bertz CT molecular complexity index is 693. The van der Waals surface area contributed by atoms with Gasteiger partial charge in [-0.3, -0.25) is 9.69 Å². The van der Waals surface area contributed by atoms with Gasteiger partial charge in [-0.2, -0.15) is 0 Å². The fraction of sp³-hybridized carbons (Fsp3) is 0.588. The van der Waals surface area contributed by atoms with Crippen LogP contribution in [0.2, 0.25) is 0 Å². The number of likely N-dealkylation sites (N-methyl/N-ethyl adjacent to an activating group) is 2. The molecule has 0 spiro atoms. The molecule has 24 heavy (non-hydrogen) atoms. The summed E-state index contributed by atoms with van der Waals surface area (Å²) in [6, 6.07) is 7.45. The second-order valence-corrected chi connectivity index (χ2v) is 9.45. The molecule has 1 aromatic rings. The lowest BCUT2D eigenvalue weighted by atomic mass is 10.1. The van der Waals surface area contributed by atoms with E-state index in [1.807, 2.05) is 50.1 Å². The fourth-order valence-corrected chi connectivity index (χ4v) is 5.22. The lowest BCUT2D eigenvalue weighted by Gasteiger charge is -2.33. The number of hydrogen-bond donors (Lipinski definition) is 0. The predicted octanol–water partition coefficient (Wildman–Crippen LogP) is 2.31. The SMILES string of the molecule is CCN(C(=O)[C@@H](C)N(C)Cc1ccccc1Br)[C@@H]1CCS(=O)(=O)C1. The number of sulfone groups is 1. The van der Waals surface area contributed by atoms with Crippen molar-refractivity contribution in [3.8, 4) is 0 Å². The number of benzene rings is 1. The van der Waals surface area contributed by atoms with Crippen LogP contribution in [0.3, 0.4) is 0 Å². The van der Waals surface area contributed by atoms with Crippen molar-refractivity contribution in [2.24, 2.45) is 0 Å². The van der Waals surface area contributed by atoms with Gasteiger partial charge in [0.1, 0.15) is 0 Å². The van der Waals surface area contributed by atoms with Crippen LogP contribution in [-0.2, 0) is 21.2 Å². The molecule has 0 aromatic heterocycles. The van der Waals surface area contributed by atoms with E-state index in [9.17, 15) is 13.2 Å². The molecule has 0 bridgehead atoms. The molecule has 134 valence electrons. The van der Waals surface area contributed by atoms with Gasteiger partial charge in [0, 0.05) is 23.6 Å². The largest absolute Gasteiger partial charge is 0.338 e. The Hall–Kier alpha value is -0.920. The van der Waals surface area contributed by atoms with Crippen LogP contribution in [0, 0.1) is 0 Å². The van der Waals surface area contributed by atoms with Gasteiger partial charge in [-0.15, -0.1) is 0 Å². The first-order valence-corrected chi connectivity index (χ1v) is 10.8. The van der Waals surface area contributed by atoms with Crippen LogP contribution in [-0.4, -0.2) is 61.3 Å². The lowest BCUT2D eigenvalue weighted by Crippen LogP contribution is -2.49.